The number of halogens is 2. The van der Waals surface area contributed by atoms with Crippen molar-refractivity contribution in [2.75, 3.05) is 11.9 Å². The Bertz CT molecular complexity index is 423. The summed E-state index contributed by atoms with van der Waals surface area (Å²) >= 11 is 3.13. The van der Waals surface area contributed by atoms with Crippen LogP contribution in [0.25, 0.3) is 0 Å². The summed E-state index contributed by atoms with van der Waals surface area (Å²) in [4.78, 5) is 0. The highest BCUT2D eigenvalue weighted by Crippen LogP contribution is 2.23. The third kappa shape index (κ3) is 4.22. The molecule has 0 aliphatic carbocycles. The van der Waals surface area contributed by atoms with Gasteiger partial charge in [-0.05, 0) is 47.0 Å². The highest BCUT2D eigenvalue weighted by Gasteiger charge is 2.04. The second kappa shape index (κ2) is 6.44. The number of nitrogens with zero attached hydrogens (tertiary/aromatic N) is 1. The van der Waals surface area contributed by atoms with Crippen LogP contribution in [0.4, 0.5) is 10.1 Å². The maximum absolute atomic E-state index is 13.3. The van der Waals surface area contributed by atoms with E-state index in [0.29, 0.717) is 23.9 Å². The number of anilines is 1. The van der Waals surface area contributed by atoms with Crippen molar-refractivity contribution < 1.29 is 9.60 Å². The molecule has 0 fully saturated rings. The number of nitrogens with one attached hydrogen (secondary N) is 1. The molecule has 17 heavy (non-hydrogen) atoms. The number of benzene rings is 1. The molecule has 0 amide bonds. The number of amidine groups is 1. The highest BCUT2D eigenvalue weighted by atomic mass is 79.9. The van der Waals surface area contributed by atoms with Gasteiger partial charge in [0.05, 0.1) is 4.47 Å². The van der Waals surface area contributed by atoms with Crippen LogP contribution < -0.4 is 11.1 Å². The third-order valence-electron chi connectivity index (χ3n) is 2.32. The first-order chi connectivity index (χ1) is 8.04. The topological polar surface area (TPSA) is 70.6 Å². The van der Waals surface area contributed by atoms with Crippen molar-refractivity contribution >= 4 is 27.5 Å². The SMILES string of the molecule is Cc1cc(Br)c(F)cc1NCCC/C(N)=N/O. The van der Waals surface area contributed by atoms with Crippen molar-refractivity contribution in [2.24, 2.45) is 10.9 Å². The van der Waals surface area contributed by atoms with Gasteiger partial charge in [0.15, 0.2) is 0 Å². The van der Waals surface area contributed by atoms with Gasteiger partial charge >= 0.3 is 0 Å². The zero-order chi connectivity index (χ0) is 12.8. The molecule has 0 heterocycles. The largest absolute Gasteiger partial charge is 0.409 e. The van der Waals surface area contributed by atoms with E-state index >= 15 is 0 Å². The number of aryl methyl sites for hydroxylation is 1. The van der Waals surface area contributed by atoms with Crippen LogP contribution in [-0.4, -0.2) is 17.6 Å². The Morgan fingerprint density at radius 3 is 2.94 bits per heavy atom. The second-order valence-electron chi connectivity index (χ2n) is 3.70. The summed E-state index contributed by atoms with van der Waals surface area (Å²) in [5.41, 5.74) is 7.05. The minimum absolute atomic E-state index is 0.200. The number of hydrogen-bond acceptors (Lipinski definition) is 3. The number of hydrogen-bond donors (Lipinski definition) is 3. The van der Waals surface area contributed by atoms with E-state index in [2.05, 4.69) is 26.4 Å². The van der Waals surface area contributed by atoms with E-state index in [-0.39, 0.29) is 11.7 Å². The summed E-state index contributed by atoms with van der Waals surface area (Å²) in [5.74, 6) is -0.0972. The zero-order valence-corrected chi connectivity index (χ0v) is 11.1. The van der Waals surface area contributed by atoms with Crippen LogP contribution >= 0.6 is 15.9 Å². The Hall–Kier alpha value is -1.30. The molecule has 94 valence electrons. The van der Waals surface area contributed by atoms with Crippen LogP contribution in [0.2, 0.25) is 0 Å². The van der Waals surface area contributed by atoms with Gasteiger partial charge < -0.3 is 16.3 Å². The zero-order valence-electron chi connectivity index (χ0n) is 9.50. The summed E-state index contributed by atoms with van der Waals surface area (Å²) in [6, 6.07) is 3.17. The summed E-state index contributed by atoms with van der Waals surface area (Å²) < 4.78 is 13.7. The molecule has 1 aromatic rings. The van der Waals surface area contributed by atoms with Crippen molar-refractivity contribution in [2.45, 2.75) is 19.8 Å². The minimum atomic E-state index is -0.297. The molecule has 0 unspecified atom stereocenters. The van der Waals surface area contributed by atoms with Gasteiger partial charge in [0, 0.05) is 18.7 Å². The summed E-state index contributed by atoms with van der Waals surface area (Å²) in [6.07, 6.45) is 1.22. The van der Waals surface area contributed by atoms with E-state index in [1.165, 1.54) is 6.07 Å². The molecule has 1 aromatic carbocycles. The van der Waals surface area contributed by atoms with E-state index < -0.39 is 0 Å². The first-order valence-corrected chi connectivity index (χ1v) is 6.00. The number of rotatable bonds is 5. The predicted molar refractivity (Wildman–Crippen MR) is 70.0 cm³/mol. The van der Waals surface area contributed by atoms with E-state index in [1.807, 2.05) is 6.92 Å². The van der Waals surface area contributed by atoms with E-state index in [1.54, 1.807) is 6.07 Å². The molecular formula is C11H15BrFN3O. The van der Waals surface area contributed by atoms with Crippen LogP contribution in [0, 0.1) is 12.7 Å². The van der Waals surface area contributed by atoms with Crippen molar-refractivity contribution in [3.8, 4) is 0 Å². The smallest absolute Gasteiger partial charge is 0.139 e. The molecule has 0 spiro atoms. The molecule has 0 aliphatic heterocycles. The highest BCUT2D eigenvalue weighted by molar-refractivity contribution is 9.10. The molecule has 1 rings (SSSR count). The molecule has 4 N–H and O–H groups in total. The molecular weight excluding hydrogens is 289 g/mol. The Morgan fingerprint density at radius 1 is 1.59 bits per heavy atom. The van der Waals surface area contributed by atoms with Gasteiger partial charge in [-0.3, -0.25) is 0 Å². The van der Waals surface area contributed by atoms with Crippen LogP contribution in [0.3, 0.4) is 0 Å². The standard InChI is InChI=1S/C11H15BrFN3O/c1-7-5-8(12)9(13)6-10(7)15-4-2-3-11(14)16-17/h5-6,15,17H,2-4H2,1H3,(H2,14,16). The summed E-state index contributed by atoms with van der Waals surface area (Å²) in [6.45, 7) is 2.54. The van der Waals surface area contributed by atoms with Crippen molar-refractivity contribution in [1.29, 1.82) is 0 Å². The molecule has 0 aliphatic rings. The lowest BCUT2D eigenvalue weighted by Gasteiger charge is -2.10. The molecule has 4 nitrogen and oxygen atoms in total. The fourth-order valence-electron chi connectivity index (χ4n) is 1.38. The molecule has 0 atom stereocenters. The normalized spacial score (nSPS) is 11.6. The molecule has 0 aromatic heterocycles. The summed E-state index contributed by atoms with van der Waals surface area (Å²) in [5, 5.41) is 14.3. The lowest BCUT2D eigenvalue weighted by Crippen LogP contribution is -2.13. The molecule has 6 heteroatoms. The molecule has 0 bridgehead atoms. The van der Waals surface area contributed by atoms with Crippen molar-refractivity contribution in [3.05, 3.63) is 28.0 Å². The van der Waals surface area contributed by atoms with Crippen LogP contribution in [0.1, 0.15) is 18.4 Å². The molecule has 0 saturated heterocycles. The monoisotopic (exact) mass is 303 g/mol. The van der Waals surface area contributed by atoms with E-state index in [9.17, 15) is 4.39 Å². The average Bonchev–Trinajstić information content (AvgIpc) is 2.30. The van der Waals surface area contributed by atoms with Gasteiger partial charge in [-0.2, -0.15) is 0 Å². The first-order valence-electron chi connectivity index (χ1n) is 5.20. The third-order valence-corrected chi connectivity index (χ3v) is 2.93. The van der Waals surface area contributed by atoms with Crippen LogP contribution in [0.15, 0.2) is 21.8 Å². The molecule has 0 saturated carbocycles. The number of nitrogens with two attached hydrogens (primary N) is 1. The van der Waals surface area contributed by atoms with Crippen molar-refractivity contribution in [3.63, 3.8) is 0 Å². The second-order valence-corrected chi connectivity index (χ2v) is 4.56. The van der Waals surface area contributed by atoms with Gasteiger partial charge in [-0.1, -0.05) is 5.16 Å². The average molecular weight is 304 g/mol. The Kier molecular flexibility index (Phi) is 5.21. The Morgan fingerprint density at radius 2 is 2.29 bits per heavy atom. The van der Waals surface area contributed by atoms with Crippen LogP contribution in [0.5, 0.6) is 0 Å². The van der Waals surface area contributed by atoms with Crippen LogP contribution in [-0.2, 0) is 0 Å². The fourth-order valence-corrected chi connectivity index (χ4v) is 1.84. The van der Waals surface area contributed by atoms with E-state index in [4.69, 9.17) is 10.9 Å². The Labute approximate surface area is 108 Å². The van der Waals surface area contributed by atoms with Gasteiger partial charge in [0.1, 0.15) is 11.7 Å². The maximum Gasteiger partial charge on any atom is 0.139 e. The lowest BCUT2D eigenvalue weighted by molar-refractivity contribution is 0.316. The number of oxime groups is 1. The first kappa shape index (κ1) is 13.8. The molecule has 0 radical (unpaired) electrons. The van der Waals surface area contributed by atoms with Gasteiger partial charge in [-0.25, -0.2) is 4.39 Å². The Balaban J connectivity index is 2.50. The predicted octanol–water partition coefficient (Wildman–Crippen LogP) is 2.84. The van der Waals surface area contributed by atoms with Crippen molar-refractivity contribution in [1.82, 2.24) is 0 Å². The fraction of sp³-hybridized carbons (Fsp3) is 0.364. The summed E-state index contributed by atoms with van der Waals surface area (Å²) in [7, 11) is 0. The van der Waals surface area contributed by atoms with Gasteiger partial charge in [0.2, 0.25) is 0 Å². The maximum atomic E-state index is 13.3. The quantitative estimate of drug-likeness (QED) is 0.257. The minimum Gasteiger partial charge on any atom is -0.409 e. The lowest BCUT2D eigenvalue weighted by atomic mass is 10.2. The van der Waals surface area contributed by atoms with Gasteiger partial charge in [0.25, 0.3) is 0 Å². The van der Waals surface area contributed by atoms with E-state index in [0.717, 1.165) is 11.3 Å². The van der Waals surface area contributed by atoms with Gasteiger partial charge in [-0.15, -0.1) is 0 Å².